The summed E-state index contributed by atoms with van der Waals surface area (Å²) in [5, 5.41) is 4.04. The summed E-state index contributed by atoms with van der Waals surface area (Å²) in [6, 6.07) is 5.46. The Kier molecular flexibility index (Phi) is 4.11. The number of amides is 1. The van der Waals surface area contributed by atoms with Gasteiger partial charge in [0.25, 0.3) is 0 Å². The minimum absolute atomic E-state index is 0.00754. The van der Waals surface area contributed by atoms with Gasteiger partial charge in [-0.05, 0) is 39.5 Å². The third kappa shape index (κ3) is 2.61. The van der Waals surface area contributed by atoms with Crippen LogP contribution in [-0.4, -0.2) is 19.0 Å². The van der Waals surface area contributed by atoms with Crippen molar-refractivity contribution in [3.05, 3.63) is 38.1 Å². The Hall–Kier alpha value is -1.23. The number of halogens is 2. The first-order valence-electron chi connectivity index (χ1n) is 5.38. The molecule has 0 spiro atoms. The second-order valence-electron chi connectivity index (χ2n) is 4.06. The molecule has 0 aromatic heterocycles. The number of carbonyl (C=O) groups is 1. The topological polar surface area (TPSA) is 69.1 Å². The summed E-state index contributed by atoms with van der Waals surface area (Å²) in [6.45, 7) is 0.873. The smallest absolute Gasteiger partial charge is 0.227 e. The van der Waals surface area contributed by atoms with E-state index in [0.717, 1.165) is 4.47 Å². The molecule has 0 radical (unpaired) electrons. The SMILES string of the molecule is [N-]=[N+]=NCC1CC(=O)N(c2cccc(Br)c2Cl)C1. The summed E-state index contributed by atoms with van der Waals surface area (Å²) in [5.41, 5.74) is 8.98. The molecule has 1 aromatic carbocycles. The van der Waals surface area contributed by atoms with Gasteiger partial charge < -0.3 is 4.90 Å². The average molecular weight is 330 g/mol. The van der Waals surface area contributed by atoms with Gasteiger partial charge in [0.05, 0.1) is 10.7 Å². The molecule has 1 atom stereocenters. The van der Waals surface area contributed by atoms with Gasteiger partial charge in [0, 0.05) is 28.9 Å². The number of benzene rings is 1. The predicted octanol–water partition coefficient (Wildman–Crippen LogP) is 3.77. The zero-order chi connectivity index (χ0) is 13.1. The maximum absolute atomic E-state index is 11.9. The molecule has 1 unspecified atom stereocenters. The van der Waals surface area contributed by atoms with Crippen LogP contribution in [0.25, 0.3) is 10.4 Å². The maximum atomic E-state index is 11.9. The molecule has 2 rings (SSSR count). The summed E-state index contributed by atoms with van der Waals surface area (Å²) < 4.78 is 0.757. The lowest BCUT2D eigenvalue weighted by Crippen LogP contribution is -2.25. The first kappa shape index (κ1) is 13.2. The summed E-state index contributed by atoms with van der Waals surface area (Å²) in [7, 11) is 0. The third-order valence-electron chi connectivity index (χ3n) is 2.83. The molecule has 7 heteroatoms. The Morgan fingerprint density at radius 1 is 1.61 bits per heavy atom. The van der Waals surface area contributed by atoms with Gasteiger partial charge in [0.2, 0.25) is 5.91 Å². The molecule has 1 amide bonds. The van der Waals surface area contributed by atoms with Crippen molar-refractivity contribution in [1.82, 2.24) is 0 Å². The average Bonchev–Trinajstić information content (AvgIpc) is 2.71. The van der Waals surface area contributed by atoms with Crippen molar-refractivity contribution in [2.24, 2.45) is 11.0 Å². The van der Waals surface area contributed by atoms with Crippen molar-refractivity contribution in [2.45, 2.75) is 6.42 Å². The molecule has 0 saturated carbocycles. The van der Waals surface area contributed by atoms with Crippen LogP contribution in [0.3, 0.4) is 0 Å². The lowest BCUT2D eigenvalue weighted by atomic mass is 10.1. The van der Waals surface area contributed by atoms with Crippen LogP contribution in [0.15, 0.2) is 27.8 Å². The quantitative estimate of drug-likeness (QED) is 0.473. The normalized spacial score (nSPS) is 18.9. The number of rotatable bonds is 3. The van der Waals surface area contributed by atoms with Gasteiger partial charge in [-0.15, -0.1) is 0 Å². The number of hydrogen-bond acceptors (Lipinski definition) is 2. The summed E-state index contributed by atoms with van der Waals surface area (Å²) in [5.74, 6) is 0.0663. The highest BCUT2D eigenvalue weighted by atomic mass is 79.9. The molecular formula is C11H10BrClN4O. The minimum Gasteiger partial charge on any atom is -0.311 e. The number of azide groups is 1. The van der Waals surface area contributed by atoms with Gasteiger partial charge in [-0.25, -0.2) is 0 Å². The molecule has 94 valence electrons. The molecule has 0 aliphatic carbocycles. The van der Waals surface area contributed by atoms with E-state index in [4.69, 9.17) is 17.1 Å². The Labute approximate surface area is 117 Å². The van der Waals surface area contributed by atoms with E-state index in [-0.39, 0.29) is 11.8 Å². The van der Waals surface area contributed by atoms with E-state index in [9.17, 15) is 4.79 Å². The maximum Gasteiger partial charge on any atom is 0.227 e. The van der Waals surface area contributed by atoms with Crippen LogP contribution in [0.2, 0.25) is 5.02 Å². The van der Waals surface area contributed by atoms with Gasteiger partial charge >= 0.3 is 0 Å². The fourth-order valence-electron chi connectivity index (χ4n) is 1.99. The summed E-state index contributed by atoms with van der Waals surface area (Å²) in [4.78, 5) is 16.3. The molecule has 0 N–H and O–H groups in total. The molecule has 1 saturated heterocycles. The molecule has 1 heterocycles. The second-order valence-corrected chi connectivity index (χ2v) is 5.29. The Balaban J connectivity index is 2.21. The Bertz CT molecular complexity index is 530. The standard InChI is InChI=1S/C11H10BrClN4O/c12-8-2-1-3-9(11(8)13)17-6-7(4-10(17)18)5-15-16-14/h1-3,7H,4-6H2. The van der Waals surface area contributed by atoms with Crippen LogP contribution in [0.4, 0.5) is 5.69 Å². The van der Waals surface area contributed by atoms with Crippen LogP contribution >= 0.6 is 27.5 Å². The van der Waals surface area contributed by atoms with E-state index in [1.54, 1.807) is 11.0 Å². The molecule has 5 nitrogen and oxygen atoms in total. The zero-order valence-corrected chi connectivity index (χ0v) is 11.7. The lowest BCUT2D eigenvalue weighted by molar-refractivity contribution is -0.117. The molecule has 1 aliphatic heterocycles. The van der Waals surface area contributed by atoms with Gasteiger partial charge in [0.1, 0.15) is 0 Å². The molecule has 0 bridgehead atoms. The van der Waals surface area contributed by atoms with E-state index in [2.05, 4.69) is 26.0 Å². The minimum atomic E-state index is 0.00754. The highest BCUT2D eigenvalue weighted by molar-refractivity contribution is 9.10. The fraction of sp³-hybridized carbons (Fsp3) is 0.364. The van der Waals surface area contributed by atoms with Gasteiger partial charge in [-0.1, -0.05) is 22.8 Å². The van der Waals surface area contributed by atoms with Crippen molar-refractivity contribution in [3.63, 3.8) is 0 Å². The van der Waals surface area contributed by atoms with Gasteiger partial charge in [0.15, 0.2) is 0 Å². The molecule has 1 aliphatic rings. The first-order valence-corrected chi connectivity index (χ1v) is 6.56. The molecule has 18 heavy (non-hydrogen) atoms. The molecule has 1 fully saturated rings. The van der Waals surface area contributed by atoms with Crippen LogP contribution in [0.5, 0.6) is 0 Å². The van der Waals surface area contributed by atoms with Crippen LogP contribution in [-0.2, 0) is 4.79 Å². The first-order chi connectivity index (χ1) is 8.63. The van der Waals surface area contributed by atoms with Crippen molar-refractivity contribution in [3.8, 4) is 0 Å². The van der Waals surface area contributed by atoms with Crippen LogP contribution < -0.4 is 4.90 Å². The van der Waals surface area contributed by atoms with Crippen LogP contribution in [0, 0.1) is 5.92 Å². The van der Waals surface area contributed by atoms with E-state index in [1.165, 1.54) is 0 Å². The highest BCUT2D eigenvalue weighted by Gasteiger charge is 2.31. The Morgan fingerprint density at radius 3 is 3.11 bits per heavy atom. The number of nitrogens with zero attached hydrogens (tertiary/aromatic N) is 4. The van der Waals surface area contributed by atoms with Crippen molar-refractivity contribution < 1.29 is 4.79 Å². The van der Waals surface area contributed by atoms with Gasteiger partial charge in [-0.3, -0.25) is 4.79 Å². The predicted molar refractivity (Wildman–Crippen MR) is 73.6 cm³/mol. The third-order valence-corrected chi connectivity index (χ3v) is 4.12. The van der Waals surface area contributed by atoms with Crippen molar-refractivity contribution in [1.29, 1.82) is 0 Å². The monoisotopic (exact) mass is 328 g/mol. The summed E-state index contributed by atoms with van der Waals surface area (Å²) >= 11 is 9.50. The van der Waals surface area contributed by atoms with Crippen molar-refractivity contribution >= 4 is 39.1 Å². The zero-order valence-electron chi connectivity index (χ0n) is 9.38. The van der Waals surface area contributed by atoms with E-state index in [0.29, 0.717) is 30.2 Å². The number of carbonyl (C=O) groups excluding carboxylic acids is 1. The number of hydrogen-bond donors (Lipinski definition) is 0. The fourth-order valence-corrected chi connectivity index (χ4v) is 2.57. The second kappa shape index (κ2) is 5.61. The summed E-state index contributed by atoms with van der Waals surface area (Å²) in [6.07, 6.45) is 0.391. The lowest BCUT2D eigenvalue weighted by Gasteiger charge is -2.18. The van der Waals surface area contributed by atoms with Gasteiger partial charge in [-0.2, -0.15) is 0 Å². The van der Waals surface area contributed by atoms with E-state index < -0.39 is 0 Å². The molecule has 1 aromatic rings. The van der Waals surface area contributed by atoms with Crippen LogP contribution in [0.1, 0.15) is 6.42 Å². The largest absolute Gasteiger partial charge is 0.311 e. The highest BCUT2D eigenvalue weighted by Crippen LogP contribution is 2.35. The van der Waals surface area contributed by atoms with E-state index in [1.807, 2.05) is 12.1 Å². The van der Waals surface area contributed by atoms with Crippen molar-refractivity contribution in [2.75, 3.05) is 18.0 Å². The Morgan fingerprint density at radius 2 is 2.39 bits per heavy atom. The molecular weight excluding hydrogens is 320 g/mol. The number of anilines is 1. The van der Waals surface area contributed by atoms with E-state index >= 15 is 0 Å².